The van der Waals surface area contributed by atoms with E-state index in [1.54, 1.807) is 0 Å². The minimum atomic E-state index is 0. The Hall–Kier alpha value is -0.570. The summed E-state index contributed by atoms with van der Waals surface area (Å²) < 4.78 is 0. The van der Waals surface area contributed by atoms with Gasteiger partial charge in [-0.15, -0.1) is 0 Å². The molecule has 0 bridgehead atoms. The van der Waals surface area contributed by atoms with E-state index in [-0.39, 0.29) is 7.33 Å². The van der Waals surface area contributed by atoms with Gasteiger partial charge < -0.3 is 10.6 Å². The van der Waals surface area contributed by atoms with Gasteiger partial charge >= 0.3 is 0 Å². The molecular weight excluding hydrogens is 212 g/mol. The first kappa shape index (κ1) is 16.4. The number of piperidine rings is 1. The monoisotopic (exact) mass is 244 g/mol. The predicted octanol–water partition coefficient (Wildman–Crippen LogP) is 2.81. The molecule has 0 radical (unpaired) electrons. The number of amides is 1. The largest absolute Gasteiger partial charge is 0.356 e. The fourth-order valence-corrected chi connectivity index (χ4v) is 1.85. The van der Waals surface area contributed by atoms with Gasteiger partial charge in [0.15, 0.2) is 0 Å². The minimum absolute atomic E-state index is 0. The standard InChI is InChI=1S/C12H24N2O.C2H6.H2/c1-10(2)3-4-12(15)14-9-11-5-7-13-8-6-11;1-2;/h10-11,13H,3-9H2,1-2H3,(H,14,15);1-2H3;1H. The zero-order valence-corrected chi connectivity index (χ0v) is 12.0. The van der Waals surface area contributed by atoms with Gasteiger partial charge in [0, 0.05) is 14.4 Å². The molecule has 2 N–H and O–H groups in total. The Morgan fingerprint density at radius 1 is 1.35 bits per heavy atom. The molecule has 3 heteroatoms. The van der Waals surface area contributed by atoms with Crippen molar-refractivity contribution in [2.75, 3.05) is 19.6 Å². The number of hydrogen-bond acceptors (Lipinski definition) is 2. The minimum Gasteiger partial charge on any atom is -0.356 e. The van der Waals surface area contributed by atoms with Crippen LogP contribution >= 0.6 is 0 Å². The first-order valence-electron chi connectivity index (χ1n) is 7.16. The quantitative estimate of drug-likeness (QED) is 0.781. The Morgan fingerprint density at radius 2 is 1.94 bits per heavy atom. The van der Waals surface area contributed by atoms with Crippen molar-refractivity contribution in [1.29, 1.82) is 0 Å². The smallest absolute Gasteiger partial charge is 0.220 e. The van der Waals surface area contributed by atoms with Gasteiger partial charge in [0.1, 0.15) is 0 Å². The van der Waals surface area contributed by atoms with E-state index in [1.165, 1.54) is 12.8 Å². The van der Waals surface area contributed by atoms with Crippen molar-refractivity contribution in [1.82, 2.24) is 10.6 Å². The Bertz CT molecular complexity index is 192. The third-order valence-corrected chi connectivity index (χ3v) is 3.00. The van der Waals surface area contributed by atoms with E-state index in [4.69, 9.17) is 0 Å². The molecule has 3 nitrogen and oxygen atoms in total. The van der Waals surface area contributed by atoms with Crippen molar-refractivity contribution < 1.29 is 6.22 Å². The van der Waals surface area contributed by atoms with E-state index < -0.39 is 0 Å². The second kappa shape index (κ2) is 10.6. The summed E-state index contributed by atoms with van der Waals surface area (Å²) in [4.78, 5) is 11.5. The summed E-state index contributed by atoms with van der Waals surface area (Å²) in [5, 5.41) is 6.37. The summed E-state index contributed by atoms with van der Waals surface area (Å²) in [6.45, 7) is 11.4. The second-order valence-corrected chi connectivity index (χ2v) is 4.93. The van der Waals surface area contributed by atoms with Gasteiger partial charge in [0.05, 0.1) is 0 Å². The molecule has 0 spiro atoms. The highest BCUT2D eigenvalue weighted by molar-refractivity contribution is 5.75. The molecule has 0 saturated carbocycles. The lowest BCUT2D eigenvalue weighted by Gasteiger charge is -2.22. The fraction of sp³-hybridized carbons (Fsp3) is 0.929. The summed E-state index contributed by atoms with van der Waals surface area (Å²) in [6.07, 6.45) is 4.08. The summed E-state index contributed by atoms with van der Waals surface area (Å²) in [7, 11) is 0. The highest BCUT2D eigenvalue weighted by Gasteiger charge is 2.13. The lowest BCUT2D eigenvalue weighted by Crippen LogP contribution is -2.35. The molecule has 1 aliphatic rings. The lowest BCUT2D eigenvalue weighted by molar-refractivity contribution is -0.121. The summed E-state index contributed by atoms with van der Waals surface area (Å²) in [5.74, 6) is 1.53. The zero-order chi connectivity index (χ0) is 13.1. The van der Waals surface area contributed by atoms with Crippen LogP contribution in [0.25, 0.3) is 0 Å². The van der Waals surface area contributed by atoms with Crippen molar-refractivity contribution in [3.05, 3.63) is 0 Å². The van der Waals surface area contributed by atoms with E-state index >= 15 is 0 Å². The fourth-order valence-electron chi connectivity index (χ4n) is 1.85. The maximum Gasteiger partial charge on any atom is 0.220 e. The molecule has 0 aromatic rings. The normalized spacial score (nSPS) is 16.3. The average molecular weight is 244 g/mol. The average Bonchev–Trinajstić information content (AvgIpc) is 2.37. The van der Waals surface area contributed by atoms with E-state index in [9.17, 15) is 4.79 Å². The number of nitrogens with one attached hydrogen (secondary N) is 2. The molecule has 104 valence electrons. The number of rotatable bonds is 5. The van der Waals surface area contributed by atoms with Crippen molar-refractivity contribution >= 4 is 5.91 Å². The maximum absolute atomic E-state index is 11.5. The van der Waals surface area contributed by atoms with Crippen LogP contribution in [0.15, 0.2) is 0 Å². The van der Waals surface area contributed by atoms with Gasteiger partial charge in [0.25, 0.3) is 0 Å². The Kier molecular flexibility index (Phi) is 10.2. The van der Waals surface area contributed by atoms with Gasteiger partial charge in [-0.2, -0.15) is 0 Å². The molecule has 0 aromatic carbocycles. The summed E-state index contributed by atoms with van der Waals surface area (Å²) in [5.41, 5.74) is 0. The van der Waals surface area contributed by atoms with Crippen LogP contribution in [0, 0.1) is 11.8 Å². The Morgan fingerprint density at radius 3 is 2.47 bits per heavy atom. The predicted molar refractivity (Wildman–Crippen MR) is 76.1 cm³/mol. The van der Waals surface area contributed by atoms with Crippen LogP contribution in [0.5, 0.6) is 0 Å². The lowest BCUT2D eigenvalue weighted by atomic mass is 9.98. The highest BCUT2D eigenvalue weighted by Crippen LogP contribution is 2.10. The highest BCUT2D eigenvalue weighted by atomic mass is 16.1. The SMILES string of the molecule is CC.CC(C)CCC(=O)NCC1CCNCC1.[HH]. The number of carbonyl (C=O) groups is 1. The molecule has 0 atom stereocenters. The van der Waals surface area contributed by atoms with Crippen LogP contribution in [-0.2, 0) is 4.79 Å². The molecule has 1 aliphatic heterocycles. The first-order chi connectivity index (χ1) is 8.18. The van der Waals surface area contributed by atoms with Crippen LogP contribution in [-0.4, -0.2) is 25.5 Å². The van der Waals surface area contributed by atoms with Crippen LogP contribution in [0.4, 0.5) is 0 Å². The molecule has 1 amide bonds. The van der Waals surface area contributed by atoms with Gasteiger partial charge in [-0.1, -0.05) is 27.7 Å². The number of hydrogen-bond donors (Lipinski definition) is 2. The molecule has 1 saturated heterocycles. The van der Waals surface area contributed by atoms with Crippen LogP contribution < -0.4 is 10.6 Å². The molecule has 1 heterocycles. The van der Waals surface area contributed by atoms with Crippen LogP contribution in [0.1, 0.15) is 54.8 Å². The van der Waals surface area contributed by atoms with Crippen LogP contribution in [0.3, 0.4) is 0 Å². The van der Waals surface area contributed by atoms with E-state index in [1.807, 2.05) is 13.8 Å². The van der Waals surface area contributed by atoms with Gasteiger partial charge in [-0.3, -0.25) is 4.79 Å². The topological polar surface area (TPSA) is 41.1 Å². The molecule has 17 heavy (non-hydrogen) atoms. The second-order valence-electron chi connectivity index (χ2n) is 4.93. The molecule has 1 rings (SSSR count). The Balaban J connectivity index is 0. The van der Waals surface area contributed by atoms with Gasteiger partial charge in [0.2, 0.25) is 5.91 Å². The molecule has 0 aliphatic carbocycles. The molecule has 0 aromatic heterocycles. The third kappa shape index (κ3) is 9.16. The third-order valence-electron chi connectivity index (χ3n) is 3.00. The van der Waals surface area contributed by atoms with Crippen LogP contribution in [0.2, 0.25) is 0 Å². The van der Waals surface area contributed by atoms with Gasteiger partial charge in [-0.25, -0.2) is 0 Å². The van der Waals surface area contributed by atoms with E-state index in [0.717, 1.165) is 26.1 Å². The molecule has 0 unspecified atom stereocenters. The van der Waals surface area contributed by atoms with E-state index in [2.05, 4.69) is 24.5 Å². The summed E-state index contributed by atoms with van der Waals surface area (Å²) in [6, 6.07) is 0. The Labute approximate surface area is 108 Å². The number of carbonyl (C=O) groups excluding carboxylic acids is 1. The van der Waals surface area contributed by atoms with Crippen molar-refractivity contribution in [2.24, 2.45) is 11.8 Å². The van der Waals surface area contributed by atoms with Gasteiger partial charge in [-0.05, 0) is 44.2 Å². The molecular formula is C14H32N2O. The van der Waals surface area contributed by atoms with Crippen molar-refractivity contribution in [2.45, 2.75) is 53.4 Å². The van der Waals surface area contributed by atoms with Crippen molar-refractivity contribution in [3.63, 3.8) is 0 Å². The maximum atomic E-state index is 11.5. The zero-order valence-electron chi connectivity index (χ0n) is 12.0. The first-order valence-corrected chi connectivity index (χ1v) is 7.16. The molecule has 1 fully saturated rings. The summed E-state index contributed by atoms with van der Waals surface area (Å²) >= 11 is 0. The van der Waals surface area contributed by atoms with Crippen molar-refractivity contribution in [3.8, 4) is 0 Å². The van der Waals surface area contributed by atoms with E-state index in [0.29, 0.717) is 18.3 Å².